The van der Waals surface area contributed by atoms with E-state index in [1.54, 1.807) is 14.0 Å². The van der Waals surface area contributed by atoms with Gasteiger partial charge in [0, 0.05) is 16.7 Å². The molecule has 0 spiro atoms. The molecule has 28 heavy (non-hydrogen) atoms. The van der Waals surface area contributed by atoms with Crippen LogP contribution < -0.4 is 14.8 Å². The third-order valence-corrected chi connectivity index (χ3v) is 4.90. The monoisotopic (exact) mass is 496 g/mol. The number of amides is 2. The molecule has 7 heteroatoms. The van der Waals surface area contributed by atoms with E-state index in [1.807, 2.05) is 55.5 Å². The lowest BCUT2D eigenvalue weighted by Crippen LogP contribution is -2.49. The lowest BCUT2D eigenvalue weighted by atomic mass is 10.1. The Kier molecular flexibility index (Phi) is 8.56. The van der Waals surface area contributed by atoms with E-state index >= 15 is 0 Å². The van der Waals surface area contributed by atoms with Gasteiger partial charge in [0.05, 0.1) is 7.11 Å². The summed E-state index contributed by atoms with van der Waals surface area (Å²) in [6.07, 6.45) is 0. The number of ether oxygens (including phenoxy) is 2. The summed E-state index contributed by atoms with van der Waals surface area (Å²) in [5.74, 6) is 0.847. The first-order valence-electron chi connectivity index (χ1n) is 9.03. The zero-order chi connectivity index (χ0) is 20.5. The molecular weight excluding hydrogens is 471 g/mol. The summed E-state index contributed by atoms with van der Waals surface area (Å²) in [5, 5.41) is 2.77. The van der Waals surface area contributed by atoms with Crippen molar-refractivity contribution in [2.75, 3.05) is 20.3 Å². The standard InChI is InChI=1S/C21H25IN2O4/c1-4-23-21(26)15(2)24(13-16-6-5-7-19(12-16)27-3)20(25)14-28-18-10-8-17(22)9-11-18/h5-12,15H,4,13-14H2,1-3H3,(H,23,26)/t15-/m0/s1. The lowest BCUT2D eigenvalue weighted by molar-refractivity contribution is -0.142. The summed E-state index contributed by atoms with van der Waals surface area (Å²) in [6.45, 7) is 4.20. The summed E-state index contributed by atoms with van der Waals surface area (Å²) in [5.41, 5.74) is 0.873. The number of nitrogens with one attached hydrogen (secondary N) is 1. The van der Waals surface area contributed by atoms with E-state index in [4.69, 9.17) is 9.47 Å². The Morgan fingerprint density at radius 1 is 1.14 bits per heavy atom. The lowest BCUT2D eigenvalue weighted by Gasteiger charge is -2.28. The second kappa shape index (κ2) is 10.9. The number of carbonyl (C=O) groups excluding carboxylic acids is 2. The van der Waals surface area contributed by atoms with E-state index in [0.29, 0.717) is 18.0 Å². The highest BCUT2D eigenvalue weighted by Gasteiger charge is 2.26. The van der Waals surface area contributed by atoms with E-state index in [-0.39, 0.29) is 25.0 Å². The number of carbonyl (C=O) groups is 2. The van der Waals surface area contributed by atoms with Gasteiger partial charge in [-0.25, -0.2) is 0 Å². The third kappa shape index (κ3) is 6.40. The van der Waals surface area contributed by atoms with Crippen LogP contribution in [0.2, 0.25) is 0 Å². The van der Waals surface area contributed by atoms with E-state index in [0.717, 1.165) is 9.13 Å². The Hall–Kier alpha value is -2.29. The molecule has 2 aromatic carbocycles. The van der Waals surface area contributed by atoms with Gasteiger partial charge in [0.1, 0.15) is 17.5 Å². The molecule has 0 bridgehead atoms. The second-order valence-corrected chi connectivity index (χ2v) is 7.43. The van der Waals surface area contributed by atoms with Crippen molar-refractivity contribution in [2.24, 2.45) is 0 Å². The van der Waals surface area contributed by atoms with Crippen LogP contribution in [0.3, 0.4) is 0 Å². The fraction of sp³-hybridized carbons (Fsp3) is 0.333. The van der Waals surface area contributed by atoms with Crippen LogP contribution in [-0.2, 0) is 16.1 Å². The van der Waals surface area contributed by atoms with Gasteiger partial charge in [0.2, 0.25) is 5.91 Å². The van der Waals surface area contributed by atoms with Gasteiger partial charge in [-0.2, -0.15) is 0 Å². The zero-order valence-electron chi connectivity index (χ0n) is 16.3. The summed E-state index contributed by atoms with van der Waals surface area (Å²) in [7, 11) is 1.59. The molecule has 0 fully saturated rings. The Morgan fingerprint density at radius 2 is 1.86 bits per heavy atom. The van der Waals surface area contributed by atoms with Crippen LogP contribution >= 0.6 is 22.6 Å². The molecule has 0 aliphatic carbocycles. The fourth-order valence-electron chi connectivity index (χ4n) is 2.63. The van der Waals surface area contributed by atoms with E-state index in [1.165, 1.54) is 4.90 Å². The Bertz CT molecular complexity index is 795. The van der Waals surface area contributed by atoms with Crippen molar-refractivity contribution in [3.63, 3.8) is 0 Å². The van der Waals surface area contributed by atoms with Crippen molar-refractivity contribution in [1.82, 2.24) is 10.2 Å². The van der Waals surface area contributed by atoms with Gasteiger partial charge >= 0.3 is 0 Å². The van der Waals surface area contributed by atoms with Crippen molar-refractivity contribution in [3.8, 4) is 11.5 Å². The average molecular weight is 496 g/mol. The first kappa shape index (κ1) is 22.0. The van der Waals surface area contributed by atoms with Gasteiger partial charge in [-0.05, 0) is 78.4 Å². The highest BCUT2D eigenvalue weighted by Crippen LogP contribution is 2.17. The van der Waals surface area contributed by atoms with Crippen LogP contribution in [0.15, 0.2) is 48.5 Å². The summed E-state index contributed by atoms with van der Waals surface area (Å²) in [6, 6.07) is 14.3. The minimum Gasteiger partial charge on any atom is -0.497 e. The number of hydrogen-bond donors (Lipinski definition) is 1. The molecule has 1 atom stereocenters. The van der Waals surface area contributed by atoms with E-state index in [9.17, 15) is 9.59 Å². The predicted octanol–water partition coefficient (Wildman–Crippen LogP) is 3.23. The van der Waals surface area contributed by atoms with Gasteiger partial charge in [-0.15, -0.1) is 0 Å². The number of rotatable bonds is 9. The molecule has 2 rings (SSSR count). The molecular formula is C21H25IN2O4. The maximum Gasteiger partial charge on any atom is 0.261 e. The maximum absolute atomic E-state index is 12.9. The van der Waals surface area contributed by atoms with Gasteiger partial charge in [0.25, 0.3) is 5.91 Å². The van der Waals surface area contributed by atoms with Crippen LogP contribution in [-0.4, -0.2) is 43.0 Å². The van der Waals surface area contributed by atoms with Crippen molar-refractivity contribution in [3.05, 3.63) is 57.7 Å². The third-order valence-electron chi connectivity index (χ3n) is 4.18. The molecule has 0 saturated carbocycles. The number of hydrogen-bond acceptors (Lipinski definition) is 4. The van der Waals surface area contributed by atoms with Crippen molar-refractivity contribution >= 4 is 34.4 Å². The van der Waals surface area contributed by atoms with Crippen molar-refractivity contribution in [1.29, 1.82) is 0 Å². The molecule has 150 valence electrons. The number of benzene rings is 2. The van der Waals surface area contributed by atoms with Crippen LogP contribution in [0.25, 0.3) is 0 Å². The minimum atomic E-state index is -0.626. The number of nitrogens with zero attached hydrogens (tertiary/aromatic N) is 1. The normalized spacial score (nSPS) is 11.4. The van der Waals surface area contributed by atoms with Gasteiger partial charge in [-0.3, -0.25) is 9.59 Å². The molecule has 0 aromatic heterocycles. The molecule has 0 aliphatic rings. The largest absolute Gasteiger partial charge is 0.497 e. The van der Waals surface area contributed by atoms with E-state index in [2.05, 4.69) is 27.9 Å². The van der Waals surface area contributed by atoms with Crippen molar-refractivity contribution < 1.29 is 19.1 Å². The number of halogens is 1. The maximum atomic E-state index is 12.9. The summed E-state index contributed by atoms with van der Waals surface area (Å²) in [4.78, 5) is 26.7. The quantitative estimate of drug-likeness (QED) is 0.542. The first-order valence-corrected chi connectivity index (χ1v) is 10.1. The average Bonchev–Trinajstić information content (AvgIpc) is 2.71. The van der Waals surface area contributed by atoms with Crippen LogP contribution in [0.1, 0.15) is 19.4 Å². The van der Waals surface area contributed by atoms with Gasteiger partial charge in [0.15, 0.2) is 6.61 Å². The van der Waals surface area contributed by atoms with Gasteiger partial charge < -0.3 is 19.7 Å². The SMILES string of the molecule is CCNC(=O)[C@H](C)N(Cc1cccc(OC)c1)C(=O)COc1ccc(I)cc1. The number of likely N-dealkylation sites (N-methyl/N-ethyl adjacent to an activating group) is 1. The van der Waals surface area contributed by atoms with Crippen LogP contribution in [0.5, 0.6) is 11.5 Å². The highest BCUT2D eigenvalue weighted by molar-refractivity contribution is 14.1. The molecule has 0 heterocycles. The molecule has 2 aromatic rings. The predicted molar refractivity (Wildman–Crippen MR) is 116 cm³/mol. The topological polar surface area (TPSA) is 67.9 Å². The first-order chi connectivity index (χ1) is 13.4. The molecule has 0 unspecified atom stereocenters. The summed E-state index contributed by atoms with van der Waals surface area (Å²) < 4.78 is 12.0. The highest BCUT2D eigenvalue weighted by atomic mass is 127. The molecule has 2 amide bonds. The molecule has 0 aliphatic heterocycles. The number of methoxy groups -OCH3 is 1. The second-order valence-electron chi connectivity index (χ2n) is 6.19. The fourth-order valence-corrected chi connectivity index (χ4v) is 2.99. The smallest absolute Gasteiger partial charge is 0.261 e. The minimum absolute atomic E-state index is 0.145. The van der Waals surface area contributed by atoms with Crippen LogP contribution in [0.4, 0.5) is 0 Å². The van der Waals surface area contributed by atoms with Crippen molar-refractivity contribution in [2.45, 2.75) is 26.4 Å². The molecule has 0 radical (unpaired) electrons. The summed E-state index contributed by atoms with van der Waals surface area (Å²) >= 11 is 2.21. The molecule has 0 saturated heterocycles. The van der Waals surface area contributed by atoms with Gasteiger partial charge in [-0.1, -0.05) is 12.1 Å². The Balaban J connectivity index is 2.14. The Labute approximate surface area is 179 Å². The van der Waals surface area contributed by atoms with Crippen LogP contribution in [0, 0.1) is 3.57 Å². The molecule has 6 nitrogen and oxygen atoms in total. The van der Waals surface area contributed by atoms with E-state index < -0.39 is 6.04 Å². The zero-order valence-corrected chi connectivity index (χ0v) is 18.4. The molecule has 1 N–H and O–H groups in total. The Morgan fingerprint density at radius 3 is 2.50 bits per heavy atom.